The first-order chi connectivity index (χ1) is 9.54. The Hall–Kier alpha value is -1.52. The fourth-order valence-corrected chi connectivity index (χ4v) is 2.90. The van der Waals surface area contributed by atoms with Crippen LogP contribution in [0.5, 0.6) is 0 Å². The molecule has 20 heavy (non-hydrogen) atoms. The molecule has 1 aromatic heterocycles. The normalized spacial score (nSPS) is 10.6. The van der Waals surface area contributed by atoms with Gasteiger partial charge in [0.15, 0.2) is 0 Å². The number of hydrogen-bond donors (Lipinski definition) is 2. The van der Waals surface area contributed by atoms with Crippen LogP contribution in [-0.4, -0.2) is 12.5 Å². The molecule has 0 spiro atoms. The van der Waals surface area contributed by atoms with E-state index >= 15 is 0 Å². The monoisotopic (exact) mass is 308 g/mol. The second-order valence-corrected chi connectivity index (χ2v) is 5.93. The van der Waals surface area contributed by atoms with Gasteiger partial charge in [0, 0.05) is 22.5 Å². The minimum absolute atomic E-state index is 0.117. The molecule has 0 unspecified atom stereocenters. The standard InChI is InChI=1S/C15H17ClN2OS/c1-3-6-18-15(19)13-11(8-20-14(13)17)10-4-5-12(16)9(2)7-10/h4-5,7-8H,3,6,17H2,1-2H3,(H,18,19). The van der Waals surface area contributed by atoms with Gasteiger partial charge < -0.3 is 11.1 Å². The van der Waals surface area contributed by atoms with Crippen molar-refractivity contribution in [2.24, 2.45) is 0 Å². The summed E-state index contributed by atoms with van der Waals surface area (Å²) in [6.07, 6.45) is 0.894. The number of carbonyl (C=O) groups excluding carboxylic acids is 1. The Labute approximate surface area is 127 Å². The highest BCUT2D eigenvalue weighted by Gasteiger charge is 2.18. The van der Waals surface area contributed by atoms with Crippen LogP contribution < -0.4 is 11.1 Å². The Morgan fingerprint density at radius 1 is 1.45 bits per heavy atom. The van der Waals surface area contributed by atoms with Crippen LogP contribution in [0, 0.1) is 6.92 Å². The Balaban J connectivity index is 2.42. The summed E-state index contributed by atoms with van der Waals surface area (Å²) in [5.41, 5.74) is 9.31. The Kier molecular flexibility index (Phi) is 4.68. The highest BCUT2D eigenvalue weighted by atomic mass is 35.5. The third kappa shape index (κ3) is 2.97. The SMILES string of the molecule is CCCNC(=O)c1c(-c2ccc(Cl)c(C)c2)csc1N. The number of thiophene rings is 1. The molecule has 3 nitrogen and oxygen atoms in total. The molecule has 5 heteroatoms. The number of halogens is 1. The highest BCUT2D eigenvalue weighted by molar-refractivity contribution is 7.15. The van der Waals surface area contributed by atoms with Gasteiger partial charge in [-0.3, -0.25) is 4.79 Å². The Bertz CT molecular complexity index is 637. The zero-order valence-electron chi connectivity index (χ0n) is 11.5. The smallest absolute Gasteiger partial charge is 0.254 e. The van der Waals surface area contributed by atoms with Crippen molar-refractivity contribution in [1.82, 2.24) is 5.32 Å². The largest absolute Gasteiger partial charge is 0.390 e. The van der Waals surface area contributed by atoms with Gasteiger partial charge in [0.1, 0.15) is 0 Å². The van der Waals surface area contributed by atoms with Gasteiger partial charge in [-0.25, -0.2) is 0 Å². The maximum atomic E-state index is 12.2. The zero-order valence-corrected chi connectivity index (χ0v) is 13.1. The number of hydrogen-bond acceptors (Lipinski definition) is 3. The molecule has 0 aliphatic carbocycles. The quantitative estimate of drug-likeness (QED) is 0.893. The number of rotatable bonds is 4. The third-order valence-corrected chi connectivity index (χ3v) is 4.29. The van der Waals surface area contributed by atoms with Gasteiger partial charge in [-0.05, 0) is 36.6 Å². The minimum Gasteiger partial charge on any atom is -0.390 e. The number of amides is 1. The third-order valence-electron chi connectivity index (χ3n) is 3.05. The first-order valence-corrected chi connectivity index (χ1v) is 7.72. The van der Waals surface area contributed by atoms with Crippen molar-refractivity contribution >= 4 is 33.8 Å². The van der Waals surface area contributed by atoms with E-state index in [0.717, 1.165) is 23.1 Å². The van der Waals surface area contributed by atoms with E-state index < -0.39 is 0 Å². The Morgan fingerprint density at radius 2 is 2.20 bits per heavy atom. The predicted molar refractivity (Wildman–Crippen MR) is 86.5 cm³/mol. The molecule has 2 aromatic rings. The van der Waals surface area contributed by atoms with Crippen LogP contribution in [0.2, 0.25) is 5.02 Å². The molecule has 0 aliphatic heterocycles. The lowest BCUT2D eigenvalue weighted by Crippen LogP contribution is -2.24. The molecular formula is C15H17ClN2OS. The average Bonchev–Trinajstić information content (AvgIpc) is 2.81. The molecule has 0 radical (unpaired) electrons. The summed E-state index contributed by atoms with van der Waals surface area (Å²) in [5, 5.41) is 6.05. The van der Waals surface area contributed by atoms with Gasteiger partial charge in [0.2, 0.25) is 0 Å². The van der Waals surface area contributed by atoms with Crippen molar-refractivity contribution in [2.45, 2.75) is 20.3 Å². The van der Waals surface area contributed by atoms with E-state index in [1.807, 2.05) is 37.4 Å². The van der Waals surface area contributed by atoms with Crippen LogP contribution in [0.25, 0.3) is 11.1 Å². The van der Waals surface area contributed by atoms with Crippen LogP contribution in [0.4, 0.5) is 5.00 Å². The summed E-state index contributed by atoms with van der Waals surface area (Å²) < 4.78 is 0. The van der Waals surface area contributed by atoms with Crippen LogP contribution in [0.1, 0.15) is 29.3 Å². The van der Waals surface area contributed by atoms with E-state index in [0.29, 0.717) is 22.1 Å². The molecule has 0 bridgehead atoms. The van der Waals surface area contributed by atoms with Gasteiger partial charge in [-0.1, -0.05) is 24.6 Å². The molecule has 2 rings (SSSR count). The zero-order chi connectivity index (χ0) is 14.7. The number of nitrogens with two attached hydrogens (primary N) is 1. The molecule has 106 valence electrons. The van der Waals surface area contributed by atoms with E-state index in [4.69, 9.17) is 17.3 Å². The average molecular weight is 309 g/mol. The summed E-state index contributed by atoms with van der Waals surface area (Å²) >= 11 is 7.42. The second-order valence-electron chi connectivity index (χ2n) is 4.61. The van der Waals surface area contributed by atoms with Crippen molar-refractivity contribution in [2.75, 3.05) is 12.3 Å². The second kappa shape index (κ2) is 6.29. The van der Waals surface area contributed by atoms with Crippen molar-refractivity contribution in [1.29, 1.82) is 0 Å². The van der Waals surface area contributed by atoms with Gasteiger partial charge >= 0.3 is 0 Å². The van der Waals surface area contributed by atoms with Crippen molar-refractivity contribution < 1.29 is 4.79 Å². The molecule has 1 heterocycles. The van der Waals surface area contributed by atoms with Gasteiger partial charge in [-0.15, -0.1) is 11.3 Å². The summed E-state index contributed by atoms with van der Waals surface area (Å²) in [4.78, 5) is 12.2. The fraction of sp³-hybridized carbons (Fsp3) is 0.267. The summed E-state index contributed by atoms with van der Waals surface area (Å²) in [7, 11) is 0. The van der Waals surface area contributed by atoms with Crippen LogP contribution in [-0.2, 0) is 0 Å². The van der Waals surface area contributed by atoms with Crippen LogP contribution >= 0.6 is 22.9 Å². The van der Waals surface area contributed by atoms with Crippen molar-refractivity contribution in [3.8, 4) is 11.1 Å². The maximum Gasteiger partial charge on any atom is 0.254 e. The summed E-state index contributed by atoms with van der Waals surface area (Å²) in [6.45, 7) is 4.60. The van der Waals surface area contributed by atoms with Crippen molar-refractivity contribution in [3.63, 3.8) is 0 Å². The fourth-order valence-electron chi connectivity index (χ4n) is 1.96. The van der Waals surface area contributed by atoms with Gasteiger partial charge in [-0.2, -0.15) is 0 Å². The summed E-state index contributed by atoms with van der Waals surface area (Å²) in [6, 6.07) is 5.72. The number of nitrogen functional groups attached to an aromatic ring is 1. The van der Waals surface area contributed by atoms with Crippen molar-refractivity contribution in [3.05, 3.63) is 39.7 Å². The van der Waals surface area contributed by atoms with E-state index in [1.165, 1.54) is 11.3 Å². The Morgan fingerprint density at radius 3 is 2.85 bits per heavy atom. The number of anilines is 1. The van der Waals surface area contributed by atoms with Gasteiger partial charge in [0.25, 0.3) is 5.91 Å². The lowest BCUT2D eigenvalue weighted by atomic mass is 10.0. The van der Waals surface area contributed by atoms with Crippen LogP contribution in [0.3, 0.4) is 0 Å². The first-order valence-electron chi connectivity index (χ1n) is 6.46. The molecular weight excluding hydrogens is 292 g/mol. The van der Waals surface area contributed by atoms with Crippen LogP contribution in [0.15, 0.2) is 23.6 Å². The number of benzene rings is 1. The van der Waals surface area contributed by atoms with E-state index in [9.17, 15) is 4.79 Å². The number of carbonyl (C=O) groups is 1. The van der Waals surface area contributed by atoms with Gasteiger partial charge in [0.05, 0.1) is 10.6 Å². The number of aryl methyl sites for hydroxylation is 1. The summed E-state index contributed by atoms with van der Waals surface area (Å²) in [5.74, 6) is -0.117. The maximum absolute atomic E-state index is 12.2. The first kappa shape index (κ1) is 14.9. The van der Waals surface area contributed by atoms with E-state index in [2.05, 4.69) is 5.32 Å². The van der Waals surface area contributed by atoms with E-state index in [1.54, 1.807) is 0 Å². The molecule has 3 N–H and O–H groups in total. The highest BCUT2D eigenvalue weighted by Crippen LogP contribution is 2.34. The molecule has 1 amide bonds. The lowest BCUT2D eigenvalue weighted by Gasteiger charge is -2.08. The molecule has 0 fully saturated rings. The predicted octanol–water partition coefficient (Wildman–Crippen LogP) is 4.10. The lowest BCUT2D eigenvalue weighted by molar-refractivity contribution is 0.0955. The minimum atomic E-state index is -0.117. The number of nitrogens with one attached hydrogen (secondary N) is 1. The molecule has 0 saturated heterocycles. The molecule has 0 atom stereocenters. The molecule has 1 aromatic carbocycles. The van der Waals surface area contributed by atoms with E-state index in [-0.39, 0.29) is 5.91 Å². The topological polar surface area (TPSA) is 55.1 Å². The molecule has 0 aliphatic rings. The molecule has 0 saturated carbocycles.